The van der Waals surface area contributed by atoms with Gasteiger partial charge in [0.1, 0.15) is 0 Å². The number of nitrogens with two attached hydrogens (primary N) is 1. The molecule has 0 bridgehead atoms. The first-order chi connectivity index (χ1) is 8.31. The van der Waals surface area contributed by atoms with Crippen LogP contribution >= 0.6 is 0 Å². The Bertz CT molecular complexity index is 643. The van der Waals surface area contributed by atoms with Gasteiger partial charge in [0.15, 0.2) is 5.65 Å². The predicted octanol–water partition coefficient (Wildman–Crippen LogP) is 1.90. The highest BCUT2D eigenvalue weighted by molar-refractivity contribution is 5.45. The van der Waals surface area contributed by atoms with Crippen molar-refractivity contribution in [2.45, 2.75) is 6.42 Å². The van der Waals surface area contributed by atoms with E-state index in [1.54, 1.807) is 16.9 Å². The van der Waals surface area contributed by atoms with E-state index < -0.39 is 0 Å². The zero-order chi connectivity index (χ0) is 11.7. The standard InChI is InChI=1S/C13H12N4/c14-11-8-15-13-7-12(16-17(13)9-11)6-10-4-2-1-3-5-10/h1-5,7-9H,6,14H2. The molecular weight excluding hydrogens is 212 g/mol. The molecule has 2 aromatic heterocycles. The van der Waals surface area contributed by atoms with Crippen molar-refractivity contribution in [2.75, 3.05) is 5.73 Å². The van der Waals surface area contributed by atoms with E-state index in [2.05, 4.69) is 22.2 Å². The predicted molar refractivity (Wildman–Crippen MR) is 66.6 cm³/mol. The van der Waals surface area contributed by atoms with Gasteiger partial charge in [-0.15, -0.1) is 0 Å². The zero-order valence-corrected chi connectivity index (χ0v) is 9.24. The van der Waals surface area contributed by atoms with Crippen molar-refractivity contribution in [1.29, 1.82) is 0 Å². The maximum Gasteiger partial charge on any atom is 0.155 e. The summed E-state index contributed by atoms with van der Waals surface area (Å²) >= 11 is 0. The number of hydrogen-bond acceptors (Lipinski definition) is 3. The van der Waals surface area contributed by atoms with Crippen molar-refractivity contribution < 1.29 is 0 Å². The zero-order valence-electron chi connectivity index (χ0n) is 9.24. The number of aromatic nitrogens is 3. The van der Waals surface area contributed by atoms with Crippen molar-refractivity contribution in [3.05, 3.63) is 60.0 Å². The minimum atomic E-state index is 0.617. The van der Waals surface area contributed by atoms with Crippen LogP contribution < -0.4 is 5.73 Å². The fraction of sp³-hybridized carbons (Fsp3) is 0.0769. The van der Waals surface area contributed by atoms with Gasteiger partial charge >= 0.3 is 0 Å². The second kappa shape index (κ2) is 3.90. The maximum absolute atomic E-state index is 5.66. The first-order valence-electron chi connectivity index (χ1n) is 5.45. The number of nitrogen functional groups attached to an aromatic ring is 1. The average Bonchev–Trinajstić information content (AvgIpc) is 2.71. The van der Waals surface area contributed by atoms with E-state index in [1.165, 1.54) is 5.56 Å². The molecule has 0 aliphatic carbocycles. The van der Waals surface area contributed by atoms with E-state index in [0.717, 1.165) is 17.8 Å². The SMILES string of the molecule is Nc1cnc2cc(Cc3ccccc3)nn2c1. The molecule has 3 rings (SSSR count). The second-order valence-corrected chi connectivity index (χ2v) is 3.99. The topological polar surface area (TPSA) is 56.2 Å². The van der Waals surface area contributed by atoms with Gasteiger partial charge in [-0.1, -0.05) is 30.3 Å². The van der Waals surface area contributed by atoms with Crippen LogP contribution in [0.15, 0.2) is 48.8 Å². The Hall–Kier alpha value is -2.36. The molecule has 0 spiro atoms. The molecule has 4 heteroatoms. The van der Waals surface area contributed by atoms with Crippen molar-refractivity contribution in [3.8, 4) is 0 Å². The number of benzene rings is 1. The van der Waals surface area contributed by atoms with E-state index in [-0.39, 0.29) is 0 Å². The van der Waals surface area contributed by atoms with Gasteiger partial charge in [0.05, 0.1) is 23.8 Å². The van der Waals surface area contributed by atoms with Crippen LogP contribution in [0.2, 0.25) is 0 Å². The first kappa shape index (κ1) is 9.84. The molecule has 0 amide bonds. The molecule has 0 fully saturated rings. The lowest BCUT2D eigenvalue weighted by Gasteiger charge is -1.95. The van der Waals surface area contributed by atoms with Gasteiger partial charge in [0, 0.05) is 12.5 Å². The Labute approximate surface area is 98.7 Å². The van der Waals surface area contributed by atoms with Gasteiger partial charge in [-0.05, 0) is 5.56 Å². The summed E-state index contributed by atoms with van der Waals surface area (Å²) in [6.07, 6.45) is 4.23. The lowest BCUT2D eigenvalue weighted by atomic mass is 10.1. The minimum Gasteiger partial charge on any atom is -0.396 e. The van der Waals surface area contributed by atoms with Crippen molar-refractivity contribution in [2.24, 2.45) is 0 Å². The fourth-order valence-corrected chi connectivity index (χ4v) is 1.83. The van der Waals surface area contributed by atoms with Gasteiger partial charge in [-0.3, -0.25) is 0 Å². The largest absolute Gasteiger partial charge is 0.396 e. The van der Waals surface area contributed by atoms with E-state index in [9.17, 15) is 0 Å². The van der Waals surface area contributed by atoms with Crippen LogP contribution in [-0.4, -0.2) is 14.6 Å². The summed E-state index contributed by atoms with van der Waals surface area (Å²) in [5.74, 6) is 0. The Morgan fingerprint density at radius 2 is 2.00 bits per heavy atom. The lowest BCUT2D eigenvalue weighted by molar-refractivity contribution is 0.898. The number of nitrogens with zero attached hydrogens (tertiary/aromatic N) is 3. The van der Waals surface area contributed by atoms with Gasteiger partial charge in [-0.25, -0.2) is 9.50 Å². The van der Waals surface area contributed by atoms with Crippen LogP contribution in [0.4, 0.5) is 5.69 Å². The van der Waals surface area contributed by atoms with E-state index in [0.29, 0.717) is 5.69 Å². The van der Waals surface area contributed by atoms with Crippen LogP contribution in [0.3, 0.4) is 0 Å². The summed E-state index contributed by atoms with van der Waals surface area (Å²) in [6.45, 7) is 0. The molecule has 0 atom stereocenters. The highest BCUT2D eigenvalue weighted by atomic mass is 15.2. The summed E-state index contributed by atoms with van der Waals surface area (Å²) < 4.78 is 1.72. The van der Waals surface area contributed by atoms with Gasteiger partial charge < -0.3 is 5.73 Å². The Morgan fingerprint density at radius 1 is 1.18 bits per heavy atom. The van der Waals surface area contributed by atoms with E-state index >= 15 is 0 Å². The second-order valence-electron chi connectivity index (χ2n) is 3.99. The first-order valence-corrected chi connectivity index (χ1v) is 5.45. The van der Waals surface area contributed by atoms with E-state index in [1.807, 2.05) is 24.3 Å². The number of hydrogen-bond donors (Lipinski definition) is 1. The molecule has 84 valence electrons. The molecule has 0 radical (unpaired) electrons. The molecule has 0 unspecified atom stereocenters. The fourth-order valence-electron chi connectivity index (χ4n) is 1.83. The third kappa shape index (κ3) is 1.97. The maximum atomic E-state index is 5.66. The molecule has 3 aromatic rings. The highest BCUT2D eigenvalue weighted by Gasteiger charge is 2.03. The van der Waals surface area contributed by atoms with E-state index in [4.69, 9.17) is 5.73 Å². The summed E-state index contributed by atoms with van der Waals surface area (Å²) in [5, 5.41) is 4.44. The monoisotopic (exact) mass is 224 g/mol. The molecule has 0 saturated heterocycles. The molecule has 2 N–H and O–H groups in total. The van der Waals surface area contributed by atoms with Crippen molar-refractivity contribution in [1.82, 2.24) is 14.6 Å². The molecule has 1 aromatic carbocycles. The summed E-state index contributed by atoms with van der Waals surface area (Å²) in [6, 6.07) is 12.2. The Morgan fingerprint density at radius 3 is 2.82 bits per heavy atom. The van der Waals surface area contributed by atoms with Gasteiger partial charge in [0.25, 0.3) is 0 Å². The van der Waals surface area contributed by atoms with Crippen LogP contribution in [0.25, 0.3) is 5.65 Å². The molecule has 0 aliphatic heterocycles. The quantitative estimate of drug-likeness (QED) is 0.723. The summed E-state index contributed by atoms with van der Waals surface area (Å²) in [5.41, 5.74) is 9.34. The molecule has 0 saturated carbocycles. The van der Waals surface area contributed by atoms with Crippen LogP contribution in [0, 0.1) is 0 Å². The van der Waals surface area contributed by atoms with Crippen molar-refractivity contribution in [3.63, 3.8) is 0 Å². The van der Waals surface area contributed by atoms with Gasteiger partial charge in [0.2, 0.25) is 0 Å². The van der Waals surface area contributed by atoms with Crippen molar-refractivity contribution >= 4 is 11.3 Å². The third-order valence-electron chi connectivity index (χ3n) is 2.61. The molecule has 2 heterocycles. The highest BCUT2D eigenvalue weighted by Crippen LogP contribution is 2.11. The normalized spacial score (nSPS) is 10.8. The molecule has 0 aliphatic rings. The summed E-state index contributed by atoms with van der Waals surface area (Å²) in [4.78, 5) is 4.22. The Balaban J connectivity index is 1.96. The number of rotatable bonds is 2. The van der Waals surface area contributed by atoms with Crippen LogP contribution in [0.1, 0.15) is 11.3 Å². The Kier molecular flexibility index (Phi) is 2.26. The lowest BCUT2D eigenvalue weighted by Crippen LogP contribution is -1.94. The number of fused-ring (bicyclic) bond motifs is 1. The minimum absolute atomic E-state index is 0.617. The average molecular weight is 224 g/mol. The molecule has 17 heavy (non-hydrogen) atoms. The third-order valence-corrected chi connectivity index (χ3v) is 2.61. The molecular formula is C13H12N4. The number of anilines is 1. The smallest absolute Gasteiger partial charge is 0.155 e. The van der Waals surface area contributed by atoms with Gasteiger partial charge in [-0.2, -0.15) is 5.10 Å². The van der Waals surface area contributed by atoms with Crippen LogP contribution in [0.5, 0.6) is 0 Å². The van der Waals surface area contributed by atoms with Crippen LogP contribution in [-0.2, 0) is 6.42 Å². The molecule has 4 nitrogen and oxygen atoms in total. The summed E-state index contributed by atoms with van der Waals surface area (Å²) in [7, 11) is 0.